The highest BCUT2D eigenvalue weighted by Crippen LogP contribution is 2.13. The van der Waals surface area contributed by atoms with Gasteiger partial charge in [0.25, 0.3) is 0 Å². The number of nitrogens with one attached hydrogen (secondary N) is 1. The first kappa shape index (κ1) is 27.4. The maximum atomic E-state index is 12.0. The van der Waals surface area contributed by atoms with E-state index < -0.39 is 0 Å². The molecule has 0 fully saturated rings. The molecule has 0 spiro atoms. The lowest BCUT2D eigenvalue weighted by Crippen LogP contribution is -2.48. The highest BCUT2D eigenvalue weighted by Gasteiger charge is 2.16. The third-order valence-corrected chi connectivity index (χ3v) is 5.53. The molecule has 0 saturated heterocycles. The van der Waals surface area contributed by atoms with Gasteiger partial charge >= 0.3 is 0 Å². The van der Waals surface area contributed by atoms with Crippen molar-refractivity contribution in [3.8, 4) is 0 Å². The summed E-state index contributed by atoms with van der Waals surface area (Å²) in [6, 6.07) is 0. The van der Waals surface area contributed by atoms with Crippen LogP contribution in [0.3, 0.4) is 0 Å². The van der Waals surface area contributed by atoms with Crippen molar-refractivity contribution in [1.82, 2.24) is 10.2 Å². The van der Waals surface area contributed by atoms with Gasteiger partial charge in [-0.15, -0.1) is 0 Å². The van der Waals surface area contributed by atoms with Gasteiger partial charge in [0.2, 0.25) is 5.91 Å². The Morgan fingerprint density at radius 1 is 0.714 bits per heavy atom. The van der Waals surface area contributed by atoms with Gasteiger partial charge in [-0.2, -0.15) is 0 Å². The molecule has 5 nitrogen and oxygen atoms in total. The fourth-order valence-electron chi connectivity index (χ4n) is 3.61. The highest BCUT2D eigenvalue weighted by molar-refractivity contribution is 5.76. The predicted octanol–water partition coefficient (Wildman–Crippen LogP) is 5.30. The second-order valence-corrected chi connectivity index (χ2v) is 8.06. The number of nitrogens with zero attached hydrogens (tertiary/aromatic N) is 1. The van der Waals surface area contributed by atoms with E-state index in [0.29, 0.717) is 12.8 Å². The second kappa shape index (κ2) is 21.1. The summed E-state index contributed by atoms with van der Waals surface area (Å²) in [6.45, 7) is 3.69. The molecule has 0 radical (unpaired) electrons. The number of aliphatic hydroxyl groups excluding tert-OH is 2. The number of carbonyl (C=O) groups excluding carboxylic acids is 1. The average Bonchev–Trinajstić information content (AvgIpc) is 2.70. The molecule has 0 aliphatic carbocycles. The molecule has 0 heterocycles. The maximum Gasteiger partial charge on any atom is 0.221 e. The van der Waals surface area contributed by atoms with E-state index in [0.717, 1.165) is 12.8 Å². The molecule has 0 aromatic rings. The number of rotatable bonds is 21. The minimum Gasteiger partial charge on any atom is -0.381 e. The van der Waals surface area contributed by atoms with E-state index >= 15 is 0 Å². The van der Waals surface area contributed by atoms with E-state index in [2.05, 4.69) is 12.2 Å². The Labute approximate surface area is 174 Å². The Balaban J connectivity index is 3.39. The molecule has 0 aliphatic rings. The number of unbranched alkanes of at least 4 members (excludes halogenated alkanes) is 14. The Hall–Kier alpha value is -0.650. The molecule has 0 aromatic heterocycles. The van der Waals surface area contributed by atoms with E-state index in [9.17, 15) is 15.0 Å². The van der Waals surface area contributed by atoms with Gasteiger partial charge in [-0.05, 0) is 12.8 Å². The maximum absolute atomic E-state index is 12.0. The molecule has 28 heavy (non-hydrogen) atoms. The van der Waals surface area contributed by atoms with Gasteiger partial charge in [0.15, 0.2) is 0 Å². The SMILES string of the molecule is CCCCCCCCCCCCCCCCCC(=O)NC(CC)N(CO)CO. The molecule has 0 saturated carbocycles. The fraction of sp³-hybridized carbons (Fsp3) is 0.957. The number of hydrogen-bond acceptors (Lipinski definition) is 4. The summed E-state index contributed by atoms with van der Waals surface area (Å²) >= 11 is 0. The first-order chi connectivity index (χ1) is 13.7. The van der Waals surface area contributed by atoms with Gasteiger partial charge in [0.1, 0.15) is 0 Å². The smallest absolute Gasteiger partial charge is 0.221 e. The molecule has 0 aliphatic heterocycles. The molecule has 1 atom stereocenters. The molecule has 0 aromatic carbocycles. The lowest BCUT2D eigenvalue weighted by molar-refractivity contribution is -0.124. The van der Waals surface area contributed by atoms with Gasteiger partial charge < -0.3 is 15.5 Å². The zero-order valence-electron chi connectivity index (χ0n) is 18.8. The van der Waals surface area contributed by atoms with Crippen LogP contribution in [0.15, 0.2) is 0 Å². The van der Waals surface area contributed by atoms with Gasteiger partial charge in [0, 0.05) is 6.42 Å². The van der Waals surface area contributed by atoms with Crippen LogP contribution in [0, 0.1) is 0 Å². The summed E-state index contributed by atoms with van der Waals surface area (Å²) < 4.78 is 0. The second-order valence-electron chi connectivity index (χ2n) is 8.06. The molecule has 5 heteroatoms. The zero-order valence-corrected chi connectivity index (χ0v) is 18.8. The molecular weight excluding hydrogens is 352 g/mol. The van der Waals surface area contributed by atoms with E-state index in [4.69, 9.17) is 0 Å². The van der Waals surface area contributed by atoms with Crippen LogP contribution in [0.4, 0.5) is 0 Å². The first-order valence-electron chi connectivity index (χ1n) is 11.9. The predicted molar refractivity (Wildman–Crippen MR) is 118 cm³/mol. The molecule has 3 N–H and O–H groups in total. The van der Waals surface area contributed by atoms with Crippen molar-refractivity contribution in [3.05, 3.63) is 0 Å². The van der Waals surface area contributed by atoms with Crippen molar-refractivity contribution in [1.29, 1.82) is 0 Å². The molecule has 1 unspecified atom stereocenters. The van der Waals surface area contributed by atoms with Gasteiger partial charge in [-0.3, -0.25) is 4.79 Å². The van der Waals surface area contributed by atoms with Crippen LogP contribution >= 0.6 is 0 Å². The standard InChI is InChI=1S/C23H48N2O3/c1-3-5-6-7-8-9-10-11-12-13-14-15-16-17-18-19-23(28)24-22(4-2)25(20-26)21-27/h22,26-27H,3-21H2,1-2H3,(H,24,28). The normalized spacial score (nSPS) is 12.5. The fourth-order valence-corrected chi connectivity index (χ4v) is 3.61. The Bertz CT molecular complexity index is 336. The molecule has 0 rings (SSSR count). The Kier molecular flexibility index (Phi) is 20.6. The third-order valence-electron chi connectivity index (χ3n) is 5.53. The van der Waals surface area contributed by atoms with Crippen molar-refractivity contribution in [3.63, 3.8) is 0 Å². The number of aliphatic hydroxyl groups is 2. The van der Waals surface area contributed by atoms with E-state index in [1.54, 1.807) is 0 Å². The zero-order chi connectivity index (χ0) is 20.9. The van der Waals surface area contributed by atoms with E-state index in [1.807, 2.05) is 6.92 Å². The van der Waals surface area contributed by atoms with Crippen molar-refractivity contribution >= 4 is 5.91 Å². The summed E-state index contributed by atoms with van der Waals surface area (Å²) in [5, 5.41) is 21.2. The Morgan fingerprint density at radius 3 is 1.46 bits per heavy atom. The van der Waals surface area contributed by atoms with Crippen LogP contribution in [0.2, 0.25) is 0 Å². The lowest BCUT2D eigenvalue weighted by atomic mass is 10.0. The summed E-state index contributed by atoms with van der Waals surface area (Å²) in [7, 11) is 0. The summed E-state index contributed by atoms with van der Waals surface area (Å²) in [5.41, 5.74) is 0. The highest BCUT2D eigenvalue weighted by atomic mass is 16.3. The largest absolute Gasteiger partial charge is 0.381 e. The topological polar surface area (TPSA) is 72.8 Å². The summed E-state index contributed by atoms with van der Waals surface area (Å²) in [4.78, 5) is 13.4. The van der Waals surface area contributed by atoms with Gasteiger partial charge in [-0.25, -0.2) is 4.90 Å². The van der Waals surface area contributed by atoms with Gasteiger partial charge in [0.05, 0.1) is 19.6 Å². The van der Waals surface area contributed by atoms with Crippen LogP contribution in [0.25, 0.3) is 0 Å². The van der Waals surface area contributed by atoms with Crippen molar-refractivity contribution in [2.75, 3.05) is 13.5 Å². The quantitative estimate of drug-likeness (QED) is 0.180. The third kappa shape index (κ3) is 16.3. The average molecular weight is 401 g/mol. The van der Waals surface area contributed by atoms with Crippen LogP contribution in [-0.2, 0) is 4.79 Å². The van der Waals surface area contributed by atoms with Crippen LogP contribution in [0.1, 0.15) is 123 Å². The van der Waals surface area contributed by atoms with Crippen molar-refractivity contribution in [2.45, 2.75) is 129 Å². The van der Waals surface area contributed by atoms with Crippen molar-refractivity contribution in [2.24, 2.45) is 0 Å². The minimum absolute atomic E-state index is 0.00782. The van der Waals surface area contributed by atoms with Crippen LogP contribution < -0.4 is 5.32 Å². The summed E-state index contributed by atoms with van der Waals surface area (Å²) in [5.74, 6) is 0.00782. The van der Waals surface area contributed by atoms with Crippen LogP contribution in [0.5, 0.6) is 0 Å². The monoisotopic (exact) mass is 400 g/mol. The minimum atomic E-state index is -0.293. The lowest BCUT2D eigenvalue weighted by Gasteiger charge is -2.27. The van der Waals surface area contributed by atoms with Gasteiger partial charge in [-0.1, -0.05) is 104 Å². The molecule has 1 amide bonds. The number of hydrogen-bond donors (Lipinski definition) is 3. The van der Waals surface area contributed by atoms with E-state index in [-0.39, 0.29) is 25.5 Å². The Morgan fingerprint density at radius 2 is 1.11 bits per heavy atom. The molecule has 0 bridgehead atoms. The number of amides is 1. The summed E-state index contributed by atoms with van der Waals surface area (Å²) in [6.07, 6.45) is 20.7. The first-order valence-corrected chi connectivity index (χ1v) is 11.9. The molecular formula is C23H48N2O3. The van der Waals surface area contributed by atoms with Crippen LogP contribution in [-0.4, -0.2) is 40.6 Å². The number of carbonyl (C=O) groups is 1. The molecule has 168 valence electrons. The van der Waals surface area contributed by atoms with E-state index in [1.165, 1.54) is 88.4 Å². The van der Waals surface area contributed by atoms with Crippen molar-refractivity contribution < 1.29 is 15.0 Å².